The molecule has 0 radical (unpaired) electrons. The zero-order chi connectivity index (χ0) is 16.1. The molecule has 0 unspecified atom stereocenters. The van der Waals surface area contributed by atoms with Crippen LogP contribution in [-0.4, -0.2) is 30.0 Å². The van der Waals surface area contributed by atoms with Gasteiger partial charge >= 0.3 is 0 Å². The molecule has 1 rings (SSSR count). The van der Waals surface area contributed by atoms with Gasteiger partial charge in [-0.1, -0.05) is 12.1 Å². The van der Waals surface area contributed by atoms with Crippen LogP contribution in [0.3, 0.4) is 0 Å². The standard InChI is InChI=1S/C17H28O4/c1-16(2,18)9-6-10-17(3,19)14-8-7-13(12-20-4)11-15(14)21-5/h7-8,11,18-19H,6,9-10,12H2,1-5H3/t17-/m0/s1. The molecule has 21 heavy (non-hydrogen) atoms. The molecule has 0 fully saturated rings. The molecular weight excluding hydrogens is 268 g/mol. The van der Waals surface area contributed by atoms with E-state index in [1.165, 1.54) is 0 Å². The highest BCUT2D eigenvalue weighted by Gasteiger charge is 2.27. The van der Waals surface area contributed by atoms with Gasteiger partial charge in [0.05, 0.1) is 24.9 Å². The third kappa shape index (κ3) is 5.65. The minimum Gasteiger partial charge on any atom is -0.496 e. The molecule has 0 aliphatic heterocycles. The van der Waals surface area contributed by atoms with Gasteiger partial charge in [-0.2, -0.15) is 0 Å². The quantitative estimate of drug-likeness (QED) is 0.774. The minimum atomic E-state index is -0.984. The van der Waals surface area contributed by atoms with Gasteiger partial charge in [0, 0.05) is 12.7 Å². The number of benzene rings is 1. The largest absolute Gasteiger partial charge is 0.496 e. The van der Waals surface area contributed by atoms with Gasteiger partial charge in [0.25, 0.3) is 0 Å². The lowest BCUT2D eigenvalue weighted by molar-refractivity contribution is 0.0255. The molecule has 1 atom stereocenters. The van der Waals surface area contributed by atoms with Crippen LogP contribution in [0.1, 0.15) is 51.2 Å². The van der Waals surface area contributed by atoms with Crippen molar-refractivity contribution >= 4 is 0 Å². The second-order valence-corrected chi connectivity index (χ2v) is 6.41. The molecule has 4 nitrogen and oxygen atoms in total. The molecule has 0 aliphatic carbocycles. The summed E-state index contributed by atoms with van der Waals surface area (Å²) in [5.41, 5.74) is 0.0796. The van der Waals surface area contributed by atoms with Crippen LogP contribution in [0.2, 0.25) is 0 Å². The van der Waals surface area contributed by atoms with E-state index >= 15 is 0 Å². The Labute approximate surface area is 127 Å². The van der Waals surface area contributed by atoms with E-state index in [2.05, 4.69) is 0 Å². The highest BCUT2D eigenvalue weighted by Crippen LogP contribution is 2.35. The summed E-state index contributed by atoms with van der Waals surface area (Å²) in [7, 11) is 3.25. The second-order valence-electron chi connectivity index (χ2n) is 6.41. The van der Waals surface area contributed by atoms with Gasteiger partial charge in [-0.25, -0.2) is 0 Å². The van der Waals surface area contributed by atoms with E-state index in [0.29, 0.717) is 25.2 Å². The summed E-state index contributed by atoms with van der Waals surface area (Å²) in [4.78, 5) is 0. The fourth-order valence-electron chi connectivity index (χ4n) is 2.44. The van der Waals surface area contributed by atoms with Crippen molar-refractivity contribution in [3.63, 3.8) is 0 Å². The zero-order valence-corrected chi connectivity index (χ0v) is 13.8. The van der Waals surface area contributed by atoms with E-state index in [0.717, 1.165) is 17.5 Å². The van der Waals surface area contributed by atoms with Crippen molar-refractivity contribution < 1.29 is 19.7 Å². The highest BCUT2D eigenvalue weighted by atomic mass is 16.5. The number of hydrogen-bond donors (Lipinski definition) is 2. The Kier molecular flexibility index (Phi) is 6.20. The van der Waals surface area contributed by atoms with E-state index in [1.807, 2.05) is 18.2 Å². The molecule has 0 aromatic heterocycles. The zero-order valence-electron chi connectivity index (χ0n) is 13.8. The molecule has 0 aliphatic rings. The van der Waals surface area contributed by atoms with Crippen LogP contribution in [0.15, 0.2) is 18.2 Å². The van der Waals surface area contributed by atoms with E-state index in [4.69, 9.17) is 9.47 Å². The predicted octanol–water partition coefficient (Wildman–Crippen LogP) is 2.99. The molecule has 1 aromatic carbocycles. The van der Waals surface area contributed by atoms with Crippen LogP contribution in [0.25, 0.3) is 0 Å². The lowest BCUT2D eigenvalue weighted by Crippen LogP contribution is -2.24. The summed E-state index contributed by atoms with van der Waals surface area (Å²) < 4.78 is 10.5. The molecule has 0 spiro atoms. The van der Waals surface area contributed by atoms with Crippen molar-refractivity contribution in [2.24, 2.45) is 0 Å². The minimum absolute atomic E-state index is 0.511. The van der Waals surface area contributed by atoms with Crippen molar-refractivity contribution in [2.75, 3.05) is 14.2 Å². The van der Waals surface area contributed by atoms with Crippen molar-refractivity contribution in [1.29, 1.82) is 0 Å². The number of aliphatic hydroxyl groups is 2. The first-order chi connectivity index (χ1) is 9.69. The van der Waals surface area contributed by atoms with Crippen LogP contribution in [0.4, 0.5) is 0 Å². The summed E-state index contributed by atoms with van der Waals surface area (Å²) in [5.74, 6) is 0.665. The Morgan fingerprint density at radius 3 is 2.24 bits per heavy atom. The maximum Gasteiger partial charge on any atom is 0.125 e. The SMILES string of the molecule is COCc1ccc([C@@](C)(O)CCCC(C)(C)O)c(OC)c1. The fraction of sp³-hybridized carbons (Fsp3) is 0.647. The molecule has 0 amide bonds. The van der Waals surface area contributed by atoms with E-state index in [1.54, 1.807) is 35.0 Å². The number of rotatable bonds is 8. The smallest absolute Gasteiger partial charge is 0.125 e. The molecular formula is C17H28O4. The van der Waals surface area contributed by atoms with Crippen LogP contribution in [0, 0.1) is 0 Å². The van der Waals surface area contributed by atoms with Gasteiger partial charge in [0.2, 0.25) is 0 Å². The van der Waals surface area contributed by atoms with E-state index in [-0.39, 0.29) is 0 Å². The van der Waals surface area contributed by atoms with Crippen LogP contribution in [-0.2, 0) is 16.9 Å². The van der Waals surface area contributed by atoms with Crippen molar-refractivity contribution in [3.05, 3.63) is 29.3 Å². The average molecular weight is 296 g/mol. The normalized spacial score (nSPS) is 14.8. The van der Waals surface area contributed by atoms with Crippen molar-refractivity contribution in [1.82, 2.24) is 0 Å². The van der Waals surface area contributed by atoms with E-state index in [9.17, 15) is 10.2 Å². The van der Waals surface area contributed by atoms with Gasteiger partial charge in [0.15, 0.2) is 0 Å². The van der Waals surface area contributed by atoms with Gasteiger partial charge in [-0.05, 0) is 51.7 Å². The summed E-state index contributed by atoms with van der Waals surface area (Å²) in [5, 5.41) is 20.5. The number of ether oxygens (including phenoxy) is 2. The molecule has 4 heteroatoms. The van der Waals surface area contributed by atoms with Gasteiger partial charge in [-0.3, -0.25) is 0 Å². The molecule has 1 aromatic rings. The topological polar surface area (TPSA) is 58.9 Å². The number of hydrogen-bond acceptors (Lipinski definition) is 4. The Bertz CT molecular complexity index is 447. The Balaban J connectivity index is 2.86. The van der Waals surface area contributed by atoms with Gasteiger partial charge < -0.3 is 19.7 Å². The third-order valence-corrected chi connectivity index (χ3v) is 3.61. The number of methoxy groups -OCH3 is 2. The molecule has 0 saturated carbocycles. The lowest BCUT2D eigenvalue weighted by Gasteiger charge is -2.27. The molecule has 120 valence electrons. The highest BCUT2D eigenvalue weighted by molar-refractivity contribution is 5.41. The molecule has 0 saturated heterocycles. The maximum absolute atomic E-state index is 10.7. The first kappa shape index (κ1) is 18.0. The summed E-state index contributed by atoms with van der Waals surface area (Å²) in [6.07, 6.45) is 1.95. The summed E-state index contributed by atoms with van der Waals surface area (Å²) in [6, 6.07) is 5.71. The van der Waals surface area contributed by atoms with Gasteiger partial charge in [-0.15, -0.1) is 0 Å². The fourth-order valence-corrected chi connectivity index (χ4v) is 2.44. The van der Waals surface area contributed by atoms with Crippen molar-refractivity contribution in [2.45, 2.75) is 57.8 Å². The van der Waals surface area contributed by atoms with Crippen LogP contribution in [0.5, 0.6) is 5.75 Å². The Hall–Kier alpha value is -1.10. The lowest BCUT2D eigenvalue weighted by atomic mass is 9.87. The average Bonchev–Trinajstić information content (AvgIpc) is 2.37. The van der Waals surface area contributed by atoms with E-state index < -0.39 is 11.2 Å². The first-order valence-corrected chi connectivity index (χ1v) is 7.31. The van der Waals surface area contributed by atoms with Crippen LogP contribution >= 0.6 is 0 Å². The first-order valence-electron chi connectivity index (χ1n) is 7.31. The maximum atomic E-state index is 10.7. The third-order valence-electron chi connectivity index (χ3n) is 3.61. The van der Waals surface area contributed by atoms with Gasteiger partial charge in [0.1, 0.15) is 5.75 Å². The molecule has 2 N–H and O–H groups in total. The van der Waals surface area contributed by atoms with Crippen LogP contribution < -0.4 is 4.74 Å². The summed E-state index contributed by atoms with van der Waals surface area (Å²) >= 11 is 0. The molecule has 0 heterocycles. The Morgan fingerprint density at radius 1 is 1.05 bits per heavy atom. The molecule has 0 bridgehead atoms. The monoisotopic (exact) mass is 296 g/mol. The predicted molar refractivity (Wildman–Crippen MR) is 83.4 cm³/mol. The summed E-state index contributed by atoms with van der Waals surface area (Å²) in [6.45, 7) is 5.85. The Morgan fingerprint density at radius 2 is 1.71 bits per heavy atom. The van der Waals surface area contributed by atoms with Crippen molar-refractivity contribution in [3.8, 4) is 5.75 Å². The second kappa shape index (κ2) is 7.25.